The van der Waals surface area contributed by atoms with Crippen molar-refractivity contribution >= 4 is 11.6 Å². The Morgan fingerprint density at radius 3 is 2.24 bits per heavy atom. The van der Waals surface area contributed by atoms with Gasteiger partial charge in [0.2, 0.25) is 0 Å². The molecule has 2 rings (SSSR count). The van der Waals surface area contributed by atoms with Gasteiger partial charge in [-0.2, -0.15) is 0 Å². The Morgan fingerprint density at radius 2 is 1.62 bits per heavy atom. The fourth-order valence-electron chi connectivity index (χ4n) is 1.76. The second-order valence-corrected chi connectivity index (χ2v) is 4.52. The molecular formula is C14H8ClF5O. The minimum absolute atomic E-state index is 0.101. The van der Waals surface area contributed by atoms with Crippen LogP contribution in [0.25, 0.3) is 11.1 Å². The van der Waals surface area contributed by atoms with Gasteiger partial charge in [-0.1, -0.05) is 29.8 Å². The summed E-state index contributed by atoms with van der Waals surface area (Å²) in [4.78, 5) is 0. The van der Waals surface area contributed by atoms with Crippen LogP contribution >= 0.6 is 11.6 Å². The van der Waals surface area contributed by atoms with Crippen molar-refractivity contribution in [1.82, 2.24) is 0 Å². The third-order valence-electron chi connectivity index (χ3n) is 2.63. The third kappa shape index (κ3) is 4.07. The van der Waals surface area contributed by atoms with Gasteiger partial charge in [0.15, 0.2) is 0 Å². The summed E-state index contributed by atoms with van der Waals surface area (Å²) in [6, 6.07) is 8.93. The Labute approximate surface area is 121 Å². The minimum atomic E-state index is -4.81. The van der Waals surface area contributed by atoms with E-state index in [9.17, 15) is 22.0 Å². The average molecular weight is 323 g/mol. The molecule has 2 aromatic rings. The molecule has 0 saturated heterocycles. The van der Waals surface area contributed by atoms with Crippen molar-refractivity contribution in [3.8, 4) is 16.9 Å². The van der Waals surface area contributed by atoms with Gasteiger partial charge in [-0.05, 0) is 35.4 Å². The lowest BCUT2D eigenvalue weighted by Crippen LogP contribution is -2.17. The van der Waals surface area contributed by atoms with E-state index in [0.29, 0.717) is 11.1 Å². The monoisotopic (exact) mass is 322 g/mol. The molecule has 0 aliphatic rings. The number of rotatable bonds is 3. The van der Waals surface area contributed by atoms with Crippen LogP contribution in [0.5, 0.6) is 5.75 Å². The first-order valence-corrected chi connectivity index (χ1v) is 6.08. The summed E-state index contributed by atoms with van der Waals surface area (Å²) in [6.07, 6.45) is -7.58. The highest BCUT2D eigenvalue weighted by molar-refractivity contribution is 6.31. The molecule has 112 valence electrons. The van der Waals surface area contributed by atoms with Crippen LogP contribution in [0.1, 0.15) is 12.0 Å². The largest absolute Gasteiger partial charge is 0.573 e. The van der Waals surface area contributed by atoms with E-state index in [1.165, 1.54) is 24.3 Å². The molecule has 0 radical (unpaired) electrons. The number of halogens is 6. The summed E-state index contributed by atoms with van der Waals surface area (Å²) in [5, 5.41) is -0.101. The molecule has 0 spiro atoms. The fraction of sp³-hybridized carbons (Fsp3) is 0.143. The molecule has 7 heteroatoms. The second-order valence-electron chi connectivity index (χ2n) is 4.11. The summed E-state index contributed by atoms with van der Waals surface area (Å²) in [5.41, 5.74) is 0.258. The predicted molar refractivity (Wildman–Crippen MR) is 68.5 cm³/mol. The number of hydrogen-bond acceptors (Lipinski definition) is 1. The van der Waals surface area contributed by atoms with Crippen LogP contribution in [-0.4, -0.2) is 6.36 Å². The SMILES string of the molecule is FC(F)c1cc(-c2cccc(OC(F)(F)F)c2)ccc1Cl. The molecule has 0 fully saturated rings. The quantitative estimate of drug-likeness (QED) is 0.645. The van der Waals surface area contributed by atoms with Crippen LogP contribution in [-0.2, 0) is 0 Å². The van der Waals surface area contributed by atoms with Crippen molar-refractivity contribution < 1.29 is 26.7 Å². The van der Waals surface area contributed by atoms with Gasteiger partial charge < -0.3 is 4.74 Å². The molecule has 1 nitrogen and oxygen atoms in total. The number of alkyl halides is 5. The first kappa shape index (κ1) is 15.6. The Hall–Kier alpha value is -1.82. The molecule has 0 amide bonds. The lowest BCUT2D eigenvalue weighted by molar-refractivity contribution is -0.274. The molecule has 0 aliphatic heterocycles. The van der Waals surface area contributed by atoms with Crippen molar-refractivity contribution in [2.24, 2.45) is 0 Å². The third-order valence-corrected chi connectivity index (χ3v) is 2.98. The fourth-order valence-corrected chi connectivity index (χ4v) is 1.96. The topological polar surface area (TPSA) is 9.23 Å². The first-order valence-electron chi connectivity index (χ1n) is 5.70. The zero-order valence-corrected chi connectivity index (χ0v) is 11.1. The van der Waals surface area contributed by atoms with Crippen molar-refractivity contribution in [3.05, 3.63) is 53.1 Å². The normalized spacial score (nSPS) is 11.8. The maximum Gasteiger partial charge on any atom is 0.573 e. The van der Waals surface area contributed by atoms with Crippen LogP contribution in [0.2, 0.25) is 5.02 Å². The van der Waals surface area contributed by atoms with E-state index >= 15 is 0 Å². The summed E-state index contributed by atoms with van der Waals surface area (Å²) in [6.45, 7) is 0. The highest BCUT2D eigenvalue weighted by Gasteiger charge is 2.31. The van der Waals surface area contributed by atoms with E-state index in [-0.39, 0.29) is 10.6 Å². The van der Waals surface area contributed by atoms with Crippen molar-refractivity contribution in [3.63, 3.8) is 0 Å². The Morgan fingerprint density at radius 1 is 0.952 bits per heavy atom. The van der Waals surface area contributed by atoms with Gasteiger partial charge in [0.1, 0.15) is 5.75 Å². The molecule has 0 saturated carbocycles. The zero-order valence-electron chi connectivity index (χ0n) is 10.3. The van der Waals surface area contributed by atoms with Gasteiger partial charge in [0.05, 0.1) is 0 Å². The van der Waals surface area contributed by atoms with E-state index < -0.39 is 18.5 Å². The van der Waals surface area contributed by atoms with Crippen molar-refractivity contribution in [2.75, 3.05) is 0 Å². The summed E-state index contributed by atoms with van der Waals surface area (Å²) < 4.78 is 65.8. The molecule has 2 aromatic carbocycles. The molecule has 0 heterocycles. The van der Waals surface area contributed by atoms with Gasteiger partial charge in [-0.25, -0.2) is 8.78 Å². The highest BCUT2D eigenvalue weighted by atomic mass is 35.5. The van der Waals surface area contributed by atoms with Crippen molar-refractivity contribution in [2.45, 2.75) is 12.8 Å². The molecule has 0 atom stereocenters. The van der Waals surface area contributed by atoms with Crippen molar-refractivity contribution in [1.29, 1.82) is 0 Å². The van der Waals surface area contributed by atoms with Gasteiger partial charge in [-0.15, -0.1) is 13.2 Å². The van der Waals surface area contributed by atoms with E-state index in [1.54, 1.807) is 0 Å². The Kier molecular flexibility index (Phi) is 4.37. The van der Waals surface area contributed by atoms with Gasteiger partial charge >= 0.3 is 6.36 Å². The van der Waals surface area contributed by atoms with E-state index in [0.717, 1.165) is 18.2 Å². The summed E-state index contributed by atoms with van der Waals surface area (Å²) in [7, 11) is 0. The van der Waals surface area contributed by atoms with E-state index in [4.69, 9.17) is 11.6 Å². The molecule has 0 unspecified atom stereocenters. The van der Waals surface area contributed by atoms with Crippen LogP contribution in [0.3, 0.4) is 0 Å². The first-order chi connectivity index (χ1) is 9.76. The van der Waals surface area contributed by atoms with Gasteiger partial charge in [0, 0.05) is 10.6 Å². The predicted octanol–water partition coefficient (Wildman–Crippen LogP) is 5.84. The summed E-state index contributed by atoms with van der Waals surface area (Å²) >= 11 is 5.64. The van der Waals surface area contributed by atoms with Crippen LogP contribution in [0.4, 0.5) is 22.0 Å². The van der Waals surface area contributed by atoms with Gasteiger partial charge in [0.25, 0.3) is 6.43 Å². The molecular weight excluding hydrogens is 315 g/mol. The highest BCUT2D eigenvalue weighted by Crippen LogP contribution is 2.33. The maximum absolute atomic E-state index is 12.8. The molecule has 0 aromatic heterocycles. The maximum atomic E-state index is 12.8. The minimum Gasteiger partial charge on any atom is -0.406 e. The van der Waals surface area contributed by atoms with Crippen LogP contribution in [0.15, 0.2) is 42.5 Å². The lowest BCUT2D eigenvalue weighted by Gasteiger charge is -2.11. The number of ether oxygens (including phenoxy) is 1. The Bertz CT molecular complexity index is 640. The lowest BCUT2D eigenvalue weighted by atomic mass is 10.0. The zero-order chi connectivity index (χ0) is 15.6. The molecule has 0 aliphatic carbocycles. The number of benzene rings is 2. The second kappa shape index (κ2) is 5.89. The number of hydrogen-bond donors (Lipinski definition) is 0. The smallest absolute Gasteiger partial charge is 0.406 e. The molecule has 0 bridgehead atoms. The molecule has 0 N–H and O–H groups in total. The standard InChI is InChI=1S/C14H8ClF5O/c15-12-5-4-9(7-11(12)13(16)17)8-2-1-3-10(6-8)21-14(18,19)20/h1-7,13H. The van der Waals surface area contributed by atoms with E-state index in [1.807, 2.05) is 0 Å². The van der Waals surface area contributed by atoms with E-state index in [2.05, 4.69) is 4.74 Å². The van der Waals surface area contributed by atoms with Gasteiger partial charge in [-0.3, -0.25) is 0 Å². The summed E-state index contributed by atoms with van der Waals surface area (Å²) in [5.74, 6) is -0.423. The van der Waals surface area contributed by atoms with Crippen LogP contribution in [0, 0.1) is 0 Å². The average Bonchev–Trinajstić information content (AvgIpc) is 2.37. The van der Waals surface area contributed by atoms with Crippen LogP contribution < -0.4 is 4.74 Å². The Balaban J connectivity index is 2.38. The molecule has 21 heavy (non-hydrogen) atoms.